The first kappa shape index (κ1) is 23.0. The molecule has 0 saturated heterocycles. The van der Waals surface area contributed by atoms with Crippen molar-refractivity contribution in [2.75, 3.05) is 18.0 Å². The number of carbonyl (C=O) groups is 1. The molecule has 2 aromatic rings. The smallest absolute Gasteiger partial charge is 0.264 e. The molecule has 0 heterocycles. The average molecular weight is 439 g/mol. The van der Waals surface area contributed by atoms with Gasteiger partial charge in [0.15, 0.2) is 0 Å². The second-order valence-corrected chi connectivity index (χ2v) is 9.54. The highest BCUT2D eigenvalue weighted by atomic mass is 35.5. The molecule has 158 valence electrons. The van der Waals surface area contributed by atoms with Gasteiger partial charge in [-0.15, -0.1) is 0 Å². The Kier molecular flexibility index (Phi) is 7.54. The molecule has 0 fully saturated rings. The van der Waals surface area contributed by atoms with Gasteiger partial charge in [-0.25, -0.2) is 8.42 Å². The van der Waals surface area contributed by atoms with Gasteiger partial charge in [-0.05, 0) is 50.1 Å². The van der Waals surface area contributed by atoms with Gasteiger partial charge in [0.1, 0.15) is 12.3 Å². The molecule has 2 rings (SSSR count). The first-order valence-corrected chi connectivity index (χ1v) is 11.1. The van der Waals surface area contributed by atoms with Gasteiger partial charge < -0.3 is 10.1 Å². The van der Waals surface area contributed by atoms with Gasteiger partial charge in [0.25, 0.3) is 10.0 Å². The normalized spacial score (nSPS) is 12.5. The van der Waals surface area contributed by atoms with Crippen LogP contribution in [0.1, 0.15) is 26.3 Å². The number of halogens is 1. The second-order valence-electron chi connectivity index (χ2n) is 7.24. The van der Waals surface area contributed by atoms with Crippen molar-refractivity contribution >= 4 is 33.2 Å². The third kappa shape index (κ3) is 5.64. The number of methoxy groups -OCH3 is 1. The number of benzene rings is 2. The Labute approximate surface area is 177 Å². The van der Waals surface area contributed by atoms with E-state index in [1.54, 1.807) is 24.3 Å². The molecule has 0 bridgehead atoms. The lowest BCUT2D eigenvalue weighted by atomic mass is 10.1. The van der Waals surface area contributed by atoms with Crippen molar-refractivity contribution in [1.82, 2.24) is 5.32 Å². The second kappa shape index (κ2) is 9.50. The van der Waals surface area contributed by atoms with Crippen molar-refractivity contribution in [2.24, 2.45) is 5.92 Å². The maximum absolute atomic E-state index is 13.4. The van der Waals surface area contributed by atoms with E-state index in [9.17, 15) is 13.2 Å². The van der Waals surface area contributed by atoms with E-state index in [0.717, 1.165) is 9.87 Å². The molecule has 0 spiro atoms. The van der Waals surface area contributed by atoms with Gasteiger partial charge in [0, 0.05) is 11.1 Å². The summed E-state index contributed by atoms with van der Waals surface area (Å²) in [6.45, 7) is 7.30. The van der Waals surface area contributed by atoms with Crippen LogP contribution < -0.4 is 14.4 Å². The Morgan fingerprint density at radius 1 is 1.14 bits per heavy atom. The van der Waals surface area contributed by atoms with Crippen LogP contribution in [-0.4, -0.2) is 34.0 Å². The van der Waals surface area contributed by atoms with Crippen LogP contribution in [0, 0.1) is 12.8 Å². The van der Waals surface area contributed by atoms with Crippen LogP contribution in [0.2, 0.25) is 5.02 Å². The molecule has 0 radical (unpaired) electrons. The number of sulfonamides is 1. The Hall–Kier alpha value is -2.25. The molecule has 0 aliphatic rings. The number of amides is 1. The summed E-state index contributed by atoms with van der Waals surface area (Å²) in [7, 11) is -2.60. The molecule has 6 nitrogen and oxygen atoms in total. The quantitative estimate of drug-likeness (QED) is 0.675. The molecule has 0 aliphatic heterocycles. The predicted octanol–water partition coefficient (Wildman–Crippen LogP) is 4.01. The van der Waals surface area contributed by atoms with E-state index in [2.05, 4.69) is 5.32 Å². The summed E-state index contributed by atoms with van der Waals surface area (Å²) < 4.78 is 33.2. The van der Waals surface area contributed by atoms with Crippen molar-refractivity contribution in [3.05, 3.63) is 53.1 Å². The van der Waals surface area contributed by atoms with Gasteiger partial charge in [-0.3, -0.25) is 9.10 Å². The zero-order valence-electron chi connectivity index (χ0n) is 17.3. The highest BCUT2D eigenvalue weighted by Crippen LogP contribution is 2.34. The summed E-state index contributed by atoms with van der Waals surface area (Å²) in [5.41, 5.74) is 1.13. The van der Waals surface area contributed by atoms with E-state index in [4.69, 9.17) is 16.3 Å². The minimum atomic E-state index is -4.04. The van der Waals surface area contributed by atoms with E-state index < -0.39 is 22.5 Å². The van der Waals surface area contributed by atoms with Crippen molar-refractivity contribution in [1.29, 1.82) is 0 Å². The maximum Gasteiger partial charge on any atom is 0.264 e. The molecule has 0 aromatic heterocycles. The fraction of sp³-hybridized carbons (Fsp3) is 0.381. The molecule has 2 aromatic carbocycles. The van der Waals surface area contributed by atoms with Gasteiger partial charge >= 0.3 is 0 Å². The number of nitrogens with zero attached hydrogens (tertiary/aromatic N) is 1. The van der Waals surface area contributed by atoms with E-state index in [1.165, 1.54) is 25.3 Å². The Morgan fingerprint density at radius 2 is 1.76 bits per heavy atom. The van der Waals surface area contributed by atoms with Gasteiger partial charge in [-0.1, -0.05) is 43.1 Å². The van der Waals surface area contributed by atoms with Crippen LogP contribution >= 0.6 is 11.6 Å². The highest BCUT2D eigenvalue weighted by Gasteiger charge is 2.30. The number of aryl methyl sites for hydroxylation is 1. The van der Waals surface area contributed by atoms with Gasteiger partial charge in [0.2, 0.25) is 5.91 Å². The number of rotatable bonds is 8. The third-order valence-corrected chi connectivity index (χ3v) is 6.70. The molecule has 29 heavy (non-hydrogen) atoms. The van der Waals surface area contributed by atoms with Gasteiger partial charge in [-0.2, -0.15) is 0 Å². The van der Waals surface area contributed by atoms with Crippen LogP contribution in [0.3, 0.4) is 0 Å². The van der Waals surface area contributed by atoms with Crippen LogP contribution in [0.15, 0.2) is 47.4 Å². The topological polar surface area (TPSA) is 75.7 Å². The lowest BCUT2D eigenvalue weighted by Gasteiger charge is -2.27. The lowest BCUT2D eigenvalue weighted by Crippen LogP contribution is -2.45. The minimum absolute atomic E-state index is 0.0786. The molecule has 8 heteroatoms. The minimum Gasteiger partial charge on any atom is -0.495 e. The summed E-state index contributed by atoms with van der Waals surface area (Å²) in [5, 5.41) is 3.18. The van der Waals surface area contributed by atoms with Crippen LogP contribution in [0.4, 0.5) is 5.69 Å². The highest BCUT2D eigenvalue weighted by molar-refractivity contribution is 7.92. The summed E-state index contributed by atoms with van der Waals surface area (Å²) >= 11 is 6.12. The molecule has 0 unspecified atom stereocenters. The van der Waals surface area contributed by atoms with Crippen molar-refractivity contribution in [2.45, 2.75) is 38.6 Å². The molecule has 0 saturated carbocycles. The number of anilines is 1. The van der Waals surface area contributed by atoms with Crippen LogP contribution in [0.25, 0.3) is 0 Å². The van der Waals surface area contributed by atoms with Gasteiger partial charge in [0.05, 0.1) is 17.7 Å². The Morgan fingerprint density at radius 3 is 2.31 bits per heavy atom. The first-order chi connectivity index (χ1) is 13.6. The van der Waals surface area contributed by atoms with Crippen LogP contribution in [0.5, 0.6) is 5.75 Å². The number of hydrogen-bond acceptors (Lipinski definition) is 4. The Bertz CT molecular complexity index is 959. The largest absolute Gasteiger partial charge is 0.495 e. The SMILES string of the molecule is COc1ccc(Cl)cc1N(CC(=O)N[C@H](C)C(C)C)S(=O)(=O)c1ccc(C)cc1. The van der Waals surface area contributed by atoms with E-state index in [1.807, 2.05) is 27.7 Å². The summed E-state index contributed by atoms with van der Waals surface area (Å²) in [6.07, 6.45) is 0. The van der Waals surface area contributed by atoms with Crippen molar-refractivity contribution in [3.63, 3.8) is 0 Å². The summed E-state index contributed by atoms with van der Waals surface area (Å²) in [6, 6.07) is 11.0. The molecular weight excluding hydrogens is 412 g/mol. The van der Waals surface area contributed by atoms with E-state index >= 15 is 0 Å². The fourth-order valence-corrected chi connectivity index (χ4v) is 4.18. The number of nitrogens with one attached hydrogen (secondary N) is 1. The predicted molar refractivity (Wildman–Crippen MR) is 116 cm³/mol. The van der Waals surface area contributed by atoms with Crippen molar-refractivity contribution < 1.29 is 17.9 Å². The fourth-order valence-electron chi connectivity index (χ4n) is 2.59. The summed E-state index contributed by atoms with van der Waals surface area (Å²) in [4.78, 5) is 12.7. The zero-order chi connectivity index (χ0) is 21.8. The van der Waals surface area contributed by atoms with E-state index in [-0.39, 0.29) is 22.5 Å². The Balaban J connectivity index is 2.53. The summed E-state index contributed by atoms with van der Waals surface area (Å²) in [5.74, 6) is 0.0977. The zero-order valence-corrected chi connectivity index (χ0v) is 18.8. The third-order valence-electron chi connectivity index (χ3n) is 4.69. The van der Waals surface area contributed by atoms with Crippen molar-refractivity contribution in [3.8, 4) is 5.75 Å². The van der Waals surface area contributed by atoms with E-state index in [0.29, 0.717) is 10.8 Å². The molecule has 1 amide bonds. The first-order valence-electron chi connectivity index (χ1n) is 9.28. The maximum atomic E-state index is 13.4. The number of ether oxygens (including phenoxy) is 1. The number of carbonyl (C=O) groups excluding carboxylic acids is 1. The standard InChI is InChI=1S/C21H27ClN2O4S/c1-14(2)16(4)23-21(25)13-24(19-12-17(22)8-11-20(19)28-5)29(26,27)18-9-6-15(3)7-10-18/h6-12,14,16H,13H2,1-5H3,(H,23,25)/t16-/m1/s1. The number of hydrogen-bond donors (Lipinski definition) is 1. The lowest BCUT2D eigenvalue weighted by molar-refractivity contribution is -0.120. The van der Waals surface area contributed by atoms with Crippen LogP contribution in [-0.2, 0) is 14.8 Å². The molecule has 0 aliphatic carbocycles. The monoisotopic (exact) mass is 438 g/mol. The average Bonchev–Trinajstić information content (AvgIpc) is 2.66. The molecule has 1 atom stereocenters. The molecular formula is C21H27ClN2O4S. The molecule has 1 N–H and O–H groups in total.